The van der Waals surface area contributed by atoms with Crippen molar-refractivity contribution in [2.24, 2.45) is 16.8 Å². The number of likely N-dealkylation sites (tertiary alicyclic amines) is 1. The predicted molar refractivity (Wildman–Crippen MR) is 128 cm³/mol. The molecule has 2 fully saturated rings. The lowest BCUT2D eigenvalue weighted by atomic mass is 9.72. The number of nitrogens with one attached hydrogen (secondary N) is 1. The van der Waals surface area contributed by atoms with Crippen molar-refractivity contribution in [1.82, 2.24) is 10.2 Å². The molecule has 1 aliphatic carbocycles. The average molecular weight is 458 g/mol. The van der Waals surface area contributed by atoms with Gasteiger partial charge in [0.1, 0.15) is 18.4 Å². The average Bonchev–Trinajstić information content (AvgIpc) is 3.24. The van der Waals surface area contributed by atoms with E-state index < -0.39 is 12.1 Å². The zero-order valence-electron chi connectivity index (χ0n) is 20.4. The summed E-state index contributed by atoms with van der Waals surface area (Å²) in [7, 11) is 0. The lowest BCUT2D eigenvalue weighted by molar-refractivity contribution is -0.132. The molecule has 0 spiro atoms. The number of ether oxygens (including phenoxy) is 1. The highest BCUT2D eigenvalue weighted by molar-refractivity contribution is 5.97. The Morgan fingerprint density at radius 1 is 1.27 bits per heavy atom. The molecule has 3 N–H and O–H groups in total. The van der Waals surface area contributed by atoms with E-state index in [-0.39, 0.29) is 23.2 Å². The molecule has 1 aromatic rings. The first-order chi connectivity index (χ1) is 15.6. The van der Waals surface area contributed by atoms with Crippen LogP contribution in [0.15, 0.2) is 23.2 Å². The molecule has 5 atom stereocenters. The molecule has 2 heterocycles. The topological polar surface area (TPSA) is 94.4 Å². The maximum atomic E-state index is 13.2. The van der Waals surface area contributed by atoms with Crippen molar-refractivity contribution in [3.05, 3.63) is 29.3 Å². The van der Waals surface area contributed by atoms with Gasteiger partial charge in [-0.15, -0.1) is 0 Å². The fourth-order valence-corrected chi connectivity index (χ4v) is 5.58. The zero-order chi connectivity index (χ0) is 23.8. The van der Waals surface area contributed by atoms with Crippen LogP contribution in [-0.2, 0) is 9.53 Å². The van der Waals surface area contributed by atoms with Gasteiger partial charge in [0.05, 0.1) is 12.1 Å². The summed E-state index contributed by atoms with van der Waals surface area (Å²) in [6.45, 7) is 9.38. The molecule has 1 saturated heterocycles. The fraction of sp³-hybridized carbons (Fsp3) is 0.692. The molecular formula is C26H39N3O4. The molecule has 7 nitrogen and oxygen atoms in total. The SMILES string of the molecule is Cc1c(O)cccc1C1=N[C@H]([C@H](O)CN2C[C@H]3CCCC[C@H]3C[C@H]2C(=O)NC(C)(C)C)CO1. The molecule has 7 heteroatoms. The Balaban J connectivity index is 1.48. The van der Waals surface area contributed by atoms with E-state index in [1.165, 1.54) is 25.7 Å². The highest BCUT2D eigenvalue weighted by atomic mass is 16.5. The van der Waals surface area contributed by atoms with Crippen LogP contribution in [0.25, 0.3) is 0 Å². The number of nitrogens with zero attached hydrogens (tertiary/aromatic N) is 2. The number of phenols is 1. The molecule has 0 unspecified atom stereocenters. The van der Waals surface area contributed by atoms with E-state index in [1.807, 2.05) is 33.8 Å². The van der Waals surface area contributed by atoms with Crippen LogP contribution in [0.3, 0.4) is 0 Å². The largest absolute Gasteiger partial charge is 0.508 e. The van der Waals surface area contributed by atoms with Gasteiger partial charge >= 0.3 is 0 Å². The van der Waals surface area contributed by atoms with Gasteiger partial charge in [-0.25, -0.2) is 4.99 Å². The molecule has 1 aromatic carbocycles. The summed E-state index contributed by atoms with van der Waals surface area (Å²) in [5.41, 5.74) is 1.17. The lowest BCUT2D eigenvalue weighted by Crippen LogP contribution is -2.59. The smallest absolute Gasteiger partial charge is 0.237 e. The summed E-state index contributed by atoms with van der Waals surface area (Å²) < 4.78 is 5.80. The highest BCUT2D eigenvalue weighted by Gasteiger charge is 2.42. The summed E-state index contributed by atoms with van der Waals surface area (Å²) >= 11 is 0. The third kappa shape index (κ3) is 5.52. The Kier molecular flexibility index (Phi) is 7.01. The van der Waals surface area contributed by atoms with Crippen LogP contribution in [-0.4, -0.2) is 70.3 Å². The van der Waals surface area contributed by atoms with Crippen LogP contribution >= 0.6 is 0 Å². The number of phenolic OH excluding ortho intramolecular Hbond substituents is 1. The Morgan fingerprint density at radius 2 is 2.00 bits per heavy atom. The maximum Gasteiger partial charge on any atom is 0.237 e. The van der Waals surface area contributed by atoms with Gasteiger partial charge in [0, 0.05) is 29.8 Å². The third-order valence-electron chi connectivity index (χ3n) is 7.38. The first-order valence-electron chi connectivity index (χ1n) is 12.4. The normalized spacial score (nSPS) is 29.1. The molecule has 182 valence electrons. The third-order valence-corrected chi connectivity index (χ3v) is 7.38. The lowest BCUT2D eigenvalue weighted by Gasteiger charge is -2.46. The van der Waals surface area contributed by atoms with Gasteiger partial charge in [-0.3, -0.25) is 9.69 Å². The molecule has 1 saturated carbocycles. The first kappa shape index (κ1) is 24.0. The Bertz CT molecular complexity index is 894. The van der Waals surface area contributed by atoms with Crippen molar-refractivity contribution in [3.8, 4) is 5.75 Å². The van der Waals surface area contributed by atoms with Crippen LogP contribution in [0.4, 0.5) is 0 Å². The number of hydrogen-bond acceptors (Lipinski definition) is 6. The van der Waals surface area contributed by atoms with Crippen molar-refractivity contribution < 1.29 is 19.7 Å². The molecule has 0 radical (unpaired) electrons. The van der Waals surface area contributed by atoms with E-state index in [1.54, 1.807) is 12.1 Å². The summed E-state index contributed by atoms with van der Waals surface area (Å²) in [6, 6.07) is 4.65. The minimum absolute atomic E-state index is 0.0565. The molecule has 0 aromatic heterocycles. The van der Waals surface area contributed by atoms with Gasteiger partial charge < -0.3 is 20.3 Å². The van der Waals surface area contributed by atoms with Gasteiger partial charge in [-0.2, -0.15) is 0 Å². The van der Waals surface area contributed by atoms with Crippen molar-refractivity contribution in [2.45, 2.75) is 83.5 Å². The fourth-order valence-electron chi connectivity index (χ4n) is 5.58. The van der Waals surface area contributed by atoms with Gasteiger partial charge in [-0.1, -0.05) is 25.3 Å². The zero-order valence-corrected chi connectivity index (χ0v) is 20.4. The summed E-state index contributed by atoms with van der Waals surface area (Å²) in [4.78, 5) is 20.0. The molecule has 3 aliphatic rings. The second kappa shape index (κ2) is 9.63. The van der Waals surface area contributed by atoms with E-state index in [4.69, 9.17) is 4.74 Å². The number of aliphatic imine (C=N–C) groups is 1. The van der Waals surface area contributed by atoms with Crippen molar-refractivity contribution in [1.29, 1.82) is 0 Å². The number of carbonyl (C=O) groups excluding carboxylic acids is 1. The summed E-state index contributed by atoms with van der Waals surface area (Å²) in [6.07, 6.45) is 5.04. The molecule has 33 heavy (non-hydrogen) atoms. The van der Waals surface area contributed by atoms with E-state index in [0.29, 0.717) is 36.4 Å². The van der Waals surface area contributed by atoms with Crippen LogP contribution in [0.2, 0.25) is 0 Å². The number of piperidine rings is 1. The summed E-state index contributed by atoms with van der Waals surface area (Å²) in [5.74, 6) is 1.90. The van der Waals surface area contributed by atoms with Gasteiger partial charge in [0.25, 0.3) is 0 Å². The number of β-amino-alcohol motifs (C(OH)–C–C–N with tert-alkyl or cyclic N) is 1. The van der Waals surface area contributed by atoms with Crippen LogP contribution in [0, 0.1) is 18.8 Å². The number of amides is 1. The van der Waals surface area contributed by atoms with Crippen molar-refractivity contribution in [3.63, 3.8) is 0 Å². The van der Waals surface area contributed by atoms with Gasteiger partial charge in [0.2, 0.25) is 11.8 Å². The first-order valence-corrected chi connectivity index (χ1v) is 12.4. The summed E-state index contributed by atoms with van der Waals surface area (Å²) in [5, 5.41) is 24.3. The predicted octanol–water partition coefficient (Wildman–Crippen LogP) is 3.00. The molecule has 0 bridgehead atoms. The second-order valence-corrected chi connectivity index (χ2v) is 11.1. The van der Waals surface area contributed by atoms with Crippen molar-refractivity contribution >= 4 is 11.8 Å². The monoisotopic (exact) mass is 457 g/mol. The minimum Gasteiger partial charge on any atom is -0.508 e. The number of fused-ring (bicyclic) bond motifs is 1. The Labute approximate surface area is 197 Å². The van der Waals surface area contributed by atoms with Crippen LogP contribution in [0.1, 0.15) is 64.0 Å². The number of aromatic hydroxyl groups is 1. The van der Waals surface area contributed by atoms with Crippen LogP contribution < -0.4 is 5.32 Å². The van der Waals surface area contributed by atoms with E-state index in [9.17, 15) is 15.0 Å². The number of carbonyl (C=O) groups is 1. The Morgan fingerprint density at radius 3 is 2.73 bits per heavy atom. The number of benzene rings is 1. The number of aliphatic hydroxyl groups is 1. The van der Waals surface area contributed by atoms with E-state index >= 15 is 0 Å². The van der Waals surface area contributed by atoms with Crippen molar-refractivity contribution in [2.75, 3.05) is 19.7 Å². The number of rotatable bonds is 5. The number of aliphatic hydroxyl groups excluding tert-OH is 1. The minimum atomic E-state index is -0.731. The molecule has 1 amide bonds. The quantitative estimate of drug-likeness (QED) is 0.632. The van der Waals surface area contributed by atoms with Gasteiger partial charge in [-0.05, 0) is 64.5 Å². The number of hydrogen-bond donors (Lipinski definition) is 3. The van der Waals surface area contributed by atoms with E-state index in [2.05, 4.69) is 15.2 Å². The molecular weight excluding hydrogens is 418 g/mol. The molecule has 4 rings (SSSR count). The second-order valence-electron chi connectivity index (χ2n) is 11.1. The standard InChI is InChI=1S/C26H39N3O4/c1-16-19(10-7-11-22(16)30)25-27-20(15-33-25)23(31)14-29-13-18-9-6-5-8-17(18)12-21(29)24(32)28-26(2,3)4/h7,10-11,17-18,20-21,23,30-31H,5-6,8-9,12-15H2,1-4H3,(H,28,32)/t17-,18+,20-,21-,23+/m0/s1. The van der Waals surface area contributed by atoms with Gasteiger partial charge in [0.15, 0.2) is 0 Å². The maximum absolute atomic E-state index is 13.2. The Hall–Kier alpha value is -2.12. The molecule has 2 aliphatic heterocycles. The van der Waals surface area contributed by atoms with E-state index in [0.717, 1.165) is 18.5 Å². The van der Waals surface area contributed by atoms with Crippen LogP contribution in [0.5, 0.6) is 5.75 Å². The highest BCUT2D eigenvalue weighted by Crippen LogP contribution is 2.39.